The van der Waals surface area contributed by atoms with Crippen molar-refractivity contribution in [1.82, 2.24) is 4.98 Å². The quantitative estimate of drug-likeness (QED) is 0.647. The summed E-state index contributed by atoms with van der Waals surface area (Å²) in [7, 11) is 0. The molecule has 0 radical (unpaired) electrons. The molecule has 0 fully saturated rings. The second-order valence-electron chi connectivity index (χ2n) is 6.34. The monoisotopic (exact) mass is 330 g/mol. The molecular formula is C19H26N2OS. The number of rotatable bonds is 8. The number of benzene rings is 1. The fourth-order valence-corrected chi connectivity index (χ4v) is 3.20. The van der Waals surface area contributed by atoms with Gasteiger partial charge in [-0.2, -0.15) is 0 Å². The van der Waals surface area contributed by atoms with Gasteiger partial charge in [0.1, 0.15) is 0 Å². The summed E-state index contributed by atoms with van der Waals surface area (Å²) >= 11 is 1.48. The number of hydrogen-bond donors (Lipinski definition) is 1. The van der Waals surface area contributed by atoms with Crippen LogP contribution in [0.5, 0.6) is 0 Å². The molecule has 4 heteroatoms. The van der Waals surface area contributed by atoms with E-state index in [1.165, 1.54) is 16.9 Å². The lowest BCUT2D eigenvalue weighted by Crippen LogP contribution is -2.10. The number of amides is 1. The minimum absolute atomic E-state index is 0.0617. The van der Waals surface area contributed by atoms with E-state index >= 15 is 0 Å². The Morgan fingerprint density at radius 3 is 2.61 bits per heavy atom. The van der Waals surface area contributed by atoms with Crippen LogP contribution in [0, 0.1) is 5.92 Å². The summed E-state index contributed by atoms with van der Waals surface area (Å²) in [6, 6.07) is 8.55. The Labute approximate surface area is 143 Å². The van der Waals surface area contributed by atoms with Crippen LogP contribution in [0.1, 0.15) is 52.0 Å². The fraction of sp³-hybridized carbons (Fsp3) is 0.474. The molecule has 3 nitrogen and oxygen atoms in total. The van der Waals surface area contributed by atoms with E-state index in [0.29, 0.717) is 17.5 Å². The Bertz CT molecular complexity index is 617. The Morgan fingerprint density at radius 2 is 1.96 bits per heavy atom. The molecule has 1 N–H and O–H groups in total. The van der Waals surface area contributed by atoms with E-state index in [1.54, 1.807) is 0 Å². The van der Waals surface area contributed by atoms with Gasteiger partial charge in [0.05, 0.1) is 5.69 Å². The van der Waals surface area contributed by atoms with Crippen molar-refractivity contribution in [2.75, 3.05) is 5.32 Å². The maximum atomic E-state index is 11.8. The number of unbranched alkanes of at least 4 members (excludes halogenated alkanes) is 2. The van der Waals surface area contributed by atoms with Gasteiger partial charge in [0.2, 0.25) is 5.91 Å². The Balaban J connectivity index is 1.94. The minimum Gasteiger partial charge on any atom is -0.302 e. The van der Waals surface area contributed by atoms with Crippen LogP contribution < -0.4 is 5.32 Å². The smallest absolute Gasteiger partial charge is 0.226 e. The van der Waals surface area contributed by atoms with Crippen molar-refractivity contribution in [3.63, 3.8) is 0 Å². The van der Waals surface area contributed by atoms with Crippen LogP contribution in [-0.4, -0.2) is 10.9 Å². The topological polar surface area (TPSA) is 42.0 Å². The normalized spacial score (nSPS) is 11.0. The first kappa shape index (κ1) is 17.7. The van der Waals surface area contributed by atoms with E-state index in [4.69, 9.17) is 0 Å². The molecule has 2 rings (SSSR count). The number of aromatic nitrogens is 1. The highest BCUT2D eigenvalue weighted by Gasteiger charge is 2.08. The number of nitrogens with one attached hydrogen (secondary N) is 1. The second kappa shape index (κ2) is 8.82. The Kier molecular flexibility index (Phi) is 6.78. The fourth-order valence-electron chi connectivity index (χ4n) is 2.46. The van der Waals surface area contributed by atoms with Gasteiger partial charge in [-0.05, 0) is 24.3 Å². The summed E-state index contributed by atoms with van der Waals surface area (Å²) < 4.78 is 0. The standard InChI is InChI=1S/C19H26N2OS/c1-4-5-6-7-18(22)21-19-20-17(13-23-19)16-10-8-15(9-11-16)12-14(2)3/h8-11,13-14H,4-7,12H2,1-3H3,(H,20,21,22). The molecule has 2 aromatic rings. The molecule has 1 amide bonds. The van der Waals surface area contributed by atoms with Crippen molar-refractivity contribution in [2.24, 2.45) is 5.92 Å². The van der Waals surface area contributed by atoms with E-state index in [2.05, 4.69) is 55.3 Å². The highest BCUT2D eigenvalue weighted by molar-refractivity contribution is 7.14. The molecular weight excluding hydrogens is 304 g/mol. The third-order valence-electron chi connectivity index (χ3n) is 3.65. The molecule has 0 saturated carbocycles. The minimum atomic E-state index is 0.0617. The lowest BCUT2D eigenvalue weighted by atomic mass is 10.0. The van der Waals surface area contributed by atoms with Crippen LogP contribution in [0.4, 0.5) is 5.13 Å². The van der Waals surface area contributed by atoms with Crippen LogP contribution in [0.3, 0.4) is 0 Å². The first-order valence-electron chi connectivity index (χ1n) is 8.43. The van der Waals surface area contributed by atoms with Gasteiger partial charge >= 0.3 is 0 Å². The molecule has 0 spiro atoms. The van der Waals surface area contributed by atoms with Crippen molar-refractivity contribution in [2.45, 2.75) is 52.9 Å². The molecule has 124 valence electrons. The van der Waals surface area contributed by atoms with Crippen LogP contribution in [-0.2, 0) is 11.2 Å². The maximum absolute atomic E-state index is 11.8. The number of carbonyl (C=O) groups excluding carboxylic acids is 1. The number of anilines is 1. The summed E-state index contributed by atoms with van der Waals surface area (Å²) in [6.07, 6.45) is 4.84. The predicted octanol–water partition coefficient (Wildman–Crippen LogP) is 5.53. The van der Waals surface area contributed by atoms with Gasteiger partial charge in [-0.15, -0.1) is 11.3 Å². The molecule has 23 heavy (non-hydrogen) atoms. The van der Waals surface area contributed by atoms with Gasteiger partial charge in [0, 0.05) is 17.4 Å². The molecule has 1 aromatic carbocycles. The zero-order valence-electron chi connectivity index (χ0n) is 14.3. The summed E-state index contributed by atoms with van der Waals surface area (Å²) in [5.74, 6) is 0.723. The Morgan fingerprint density at radius 1 is 1.22 bits per heavy atom. The number of nitrogens with zero attached hydrogens (tertiary/aromatic N) is 1. The molecule has 0 bridgehead atoms. The zero-order chi connectivity index (χ0) is 16.7. The molecule has 1 heterocycles. The first-order valence-corrected chi connectivity index (χ1v) is 9.31. The number of thiazole rings is 1. The van der Waals surface area contributed by atoms with E-state index in [1.807, 2.05) is 5.38 Å². The van der Waals surface area contributed by atoms with Crippen LogP contribution >= 0.6 is 11.3 Å². The third kappa shape index (κ3) is 5.79. The molecule has 0 aliphatic carbocycles. The van der Waals surface area contributed by atoms with E-state index in [0.717, 1.165) is 36.9 Å². The van der Waals surface area contributed by atoms with Crippen molar-refractivity contribution in [3.8, 4) is 11.3 Å². The van der Waals surface area contributed by atoms with E-state index < -0.39 is 0 Å². The summed E-state index contributed by atoms with van der Waals surface area (Å²) in [5.41, 5.74) is 3.37. The second-order valence-corrected chi connectivity index (χ2v) is 7.20. The number of hydrogen-bond acceptors (Lipinski definition) is 3. The average Bonchev–Trinajstić information content (AvgIpc) is 2.96. The molecule has 0 saturated heterocycles. The van der Waals surface area contributed by atoms with Crippen molar-refractivity contribution in [1.29, 1.82) is 0 Å². The van der Waals surface area contributed by atoms with Gasteiger partial charge in [0.15, 0.2) is 5.13 Å². The molecule has 0 atom stereocenters. The van der Waals surface area contributed by atoms with Crippen molar-refractivity contribution in [3.05, 3.63) is 35.2 Å². The summed E-state index contributed by atoms with van der Waals surface area (Å²) in [5, 5.41) is 5.58. The average molecular weight is 330 g/mol. The van der Waals surface area contributed by atoms with Crippen LogP contribution in [0.2, 0.25) is 0 Å². The van der Waals surface area contributed by atoms with Crippen LogP contribution in [0.15, 0.2) is 29.6 Å². The highest BCUT2D eigenvalue weighted by Crippen LogP contribution is 2.25. The van der Waals surface area contributed by atoms with Gasteiger partial charge in [-0.1, -0.05) is 57.9 Å². The van der Waals surface area contributed by atoms with Crippen molar-refractivity contribution < 1.29 is 4.79 Å². The van der Waals surface area contributed by atoms with Gasteiger partial charge in [-0.25, -0.2) is 4.98 Å². The van der Waals surface area contributed by atoms with Gasteiger partial charge in [-0.3, -0.25) is 4.79 Å². The van der Waals surface area contributed by atoms with Crippen LogP contribution in [0.25, 0.3) is 11.3 Å². The third-order valence-corrected chi connectivity index (χ3v) is 4.41. The van der Waals surface area contributed by atoms with E-state index in [-0.39, 0.29) is 5.91 Å². The van der Waals surface area contributed by atoms with Crippen molar-refractivity contribution >= 4 is 22.4 Å². The largest absolute Gasteiger partial charge is 0.302 e. The lowest BCUT2D eigenvalue weighted by Gasteiger charge is -2.05. The molecule has 0 aliphatic heterocycles. The maximum Gasteiger partial charge on any atom is 0.226 e. The highest BCUT2D eigenvalue weighted by atomic mass is 32.1. The van der Waals surface area contributed by atoms with Gasteiger partial charge < -0.3 is 5.32 Å². The molecule has 0 unspecified atom stereocenters. The lowest BCUT2D eigenvalue weighted by molar-refractivity contribution is -0.116. The summed E-state index contributed by atoms with van der Waals surface area (Å²) in [4.78, 5) is 16.4. The number of carbonyl (C=O) groups is 1. The molecule has 0 aliphatic rings. The molecule has 1 aromatic heterocycles. The van der Waals surface area contributed by atoms with E-state index in [9.17, 15) is 4.79 Å². The zero-order valence-corrected chi connectivity index (χ0v) is 15.1. The SMILES string of the molecule is CCCCCC(=O)Nc1nc(-c2ccc(CC(C)C)cc2)cs1. The predicted molar refractivity (Wildman–Crippen MR) is 98.9 cm³/mol. The first-order chi connectivity index (χ1) is 11.1. The Hall–Kier alpha value is -1.68. The van der Waals surface area contributed by atoms with Gasteiger partial charge in [0.25, 0.3) is 0 Å². The summed E-state index contributed by atoms with van der Waals surface area (Å²) in [6.45, 7) is 6.59.